The molecule has 0 aliphatic rings. The molecule has 75 heavy (non-hydrogen) atoms. The quantitative estimate of drug-likeness (QED) is 0.0272. The average molecular weight is 1070 g/mol. The van der Waals surface area contributed by atoms with Gasteiger partial charge in [-0.05, 0) is 64.2 Å². The summed E-state index contributed by atoms with van der Waals surface area (Å²) >= 11 is 0. The Bertz CT molecular complexity index is 1450. The highest BCUT2D eigenvalue weighted by molar-refractivity contribution is 7.45. The van der Waals surface area contributed by atoms with Crippen molar-refractivity contribution in [3.05, 3.63) is 72.9 Å². The maximum Gasteiger partial charge on any atom is 0.268 e. The van der Waals surface area contributed by atoms with Gasteiger partial charge in [0.05, 0.1) is 39.9 Å². The SMILES string of the molecule is CC/C=C\C/C=C\C/C=C\C/C=C\C/C=C\C/C=C\CCCCCCCCCCCCC(=O)NC(COP(=O)([O-])OCC[N+](C)(C)C)C(O)CCCCCCCCCCCCCCCCCCCCCCCCCC. The summed E-state index contributed by atoms with van der Waals surface area (Å²) in [6.45, 7) is 4.63. The summed E-state index contributed by atoms with van der Waals surface area (Å²) in [7, 11) is 1.30. The number of hydrogen-bond acceptors (Lipinski definition) is 6. The third-order valence-electron chi connectivity index (χ3n) is 14.2. The number of quaternary nitrogens is 1. The fraction of sp³-hybridized carbons (Fsp3) is 0.803. The minimum atomic E-state index is -4.58. The number of phosphoric ester groups is 1. The van der Waals surface area contributed by atoms with Gasteiger partial charge < -0.3 is 28.8 Å². The second-order valence-corrected chi connectivity index (χ2v) is 24.2. The zero-order valence-electron chi connectivity index (χ0n) is 50.0. The molecular weight excluding hydrogens is 948 g/mol. The molecule has 1 amide bonds. The van der Waals surface area contributed by atoms with Crippen LogP contribution in [-0.4, -0.2) is 68.5 Å². The Labute approximate surface area is 465 Å². The number of phosphoric acid groups is 1. The molecule has 0 heterocycles. The minimum absolute atomic E-state index is 0.00905. The number of hydrogen-bond donors (Lipinski definition) is 2. The number of carbonyl (C=O) groups excluding carboxylic acids is 1. The molecule has 3 atom stereocenters. The maximum atomic E-state index is 13.0. The van der Waals surface area contributed by atoms with Crippen molar-refractivity contribution < 1.29 is 32.9 Å². The topological polar surface area (TPSA) is 108 Å². The molecule has 0 spiro atoms. The monoisotopic (exact) mass is 1070 g/mol. The molecule has 0 saturated heterocycles. The average Bonchev–Trinajstić information content (AvgIpc) is 3.37. The van der Waals surface area contributed by atoms with Crippen molar-refractivity contribution in [2.45, 2.75) is 302 Å². The van der Waals surface area contributed by atoms with Gasteiger partial charge in [0.1, 0.15) is 13.2 Å². The summed E-state index contributed by atoms with van der Waals surface area (Å²) in [4.78, 5) is 25.6. The first-order valence-corrected chi connectivity index (χ1v) is 33.2. The van der Waals surface area contributed by atoms with E-state index < -0.39 is 20.0 Å². The van der Waals surface area contributed by atoms with E-state index in [2.05, 4.69) is 92.1 Å². The van der Waals surface area contributed by atoms with Crippen molar-refractivity contribution in [2.75, 3.05) is 40.9 Å². The highest BCUT2D eigenvalue weighted by atomic mass is 31.2. The van der Waals surface area contributed by atoms with Crippen LogP contribution in [0.1, 0.15) is 290 Å². The van der Waals surface area contributed by atoms with Gasteiger partial charge >= 0.3 is 0 Å². The molecule has 438 valence electrons. The lowest BCUT2D eigenvalue weighted by molar-refractivity contribution is -0.870. The molecule has 0 aromatic rings. The maximum absolute atomic E-state index is 13.0. The first-order valence-electron chi connectivity index (χ1n) is 31.8. The standard InChI is InChI=1S/C66H123N2O6P/c1-6-8-10-12-14-16-18-20-22-24-26-28-30-32-33-34-35-36-38-40-42-44-46-48-50-52-54-56-58-60-66(70)67-64(63-74-75(71,72)73-62-61-68(3,4)5)65(69)59-57-55-53-51-49-47-45-43-41-39-37-31-29-27-25-23-21-19-17-15-13-11-9-7-2/h8,10,14,16,20,22,26,28,32-33,35-36,64-65,69H,6-7,9,11-13,15,17-19,21,23-25,27,29-31,34,37-63H2,1-5H3,(H-,67,70,71,72)/b10-8-,16-14-,22-20-,28-26-,33-32-,36-35-. The molecule has 0 aliphatic heterocycles. The summed E-state index contributed by atoms with van der Waals surface area (Å²) in [6, 6.07) is -0.808. The van der Waals surface area contributed by atoms with Gasteiger partial charge in [0.25, 0.3) is 7.82 Å². The van der Waals surface area contributed by atoms with Crippen LogP contribution in [-0.2, 0) is 18.4 Å². The smallest absolute Gasteiger partial charge is 0.268 e. The van der Waals surface area contributed by atoms with Gasteiger partial charge in [0.2, 0.25) is 5.91 Å². The van der Waals surface area contributed by atoms with Crippen LogP contribution in [0.5, 0.6) is 0 Å². The van der Waals surface area contributed by atoms with E-state index in [0.717, 1.165) is 83.5 Å². The molecule has 0 saturated carbocycles. The highest BCUT2D eigenvalue weighted by Gasteiger charge is 2.24. The van der Waals surface area contributed by atoms with Gasteiger partial charge in [0, 0.05) is 6.42 Å². The number of aliphatic hydroxyl groups excluding tert-OH is 1. The lowest BCUT2D eigenvalue weighted by Gasteiger charge is -2.30. The minimum Gasteiger partial charge on any atom is -0.756 e. The van der Waals surface area contributed by atoms with Crippen LogP contribution in [0.2, 0.25) is 0 Å². The largest absolute Gasteiger partial charge is 0.756 e. The lowest BCUT2D eigenvalue weighted by atomic mass is 10.0. The molecule has 0 aromatic carbocycles. The first kappa shape index (κ1) is 72.9. The van der Waals surface area contributed by atoms with E-state index in [0.29, 0.717) is 23.9 Å². The Morgan fingerprint density at radius 1 is 0.480 bits per heavy atom. The normalized spacial score (nSPS) is 14.3. The van der Waals surface area contributed by atoms with E-state index in [4.69, 9.17) is 9.05 Å². The number of nitrogens with zero attached hydrogens (tertiary/aromatic N) is 1. The molecule has 0 aliphatic carbocycles. The zero-order valence-corrected chi connectivity index (χ0v) is 50.9. The molecule has 8 nitrogen and oxygen atoms in total. The number of aliphatic hydroxyl groups is 1. The van der Waals surface area contributed by atoms with Gasteiger partial charge in [-0.25, -0.2) is 0 Å². The number of likely N-dealkylation sites (N-methyl/N-ethyl adjacent to an activating group) is 1. The van der Waals surface area contributed by atoms with Gasteiger partial charge in [-0.3, -0.25) is 9.36 Å². The predicted octanol–water partition coefficient (Wildman–Crippen LogP) is 19.2. The van der Waals surface area contributed by atoms with Crippen molar-refractivity contribution in [2.24, 2.45) is 0 Å². The van der Waals surface area contributed by atoms with Crippen LogP contribution in [0.4, 0.5) is 0 Å². The Morgan fingerprint density at radius 2 is 0.813 bits per heavy atom. The zero-order chi connectivity index (χ0) is 54.9. The summed E-state index contributed by atoms with van der Waals surface area (Å²) in [5.41, 5.74) is 0. The van der Waals surface area contributed by atoms with Gasteiger partial charge in [-0.1, -0.05) is 292 Å². The number of rotatable bonds is 58. The van der Waals surface area contributed by atoms with Crippen molar-refractivity contribution in [1.29, 1.82) is 0 Å². The fourth-order valence-corrected chi connectivity index (χ4v) is 10.0. The fourth-order valence-electron chi connectivity index (χ4n) is 9.28. The Morgan fingerprint density at radius 3 is 1.19 bits per heavy atom. The summed E-state index contributed by atoms with van der Waals surface area (Å²) in [5, 5.41) is 14.1. The number of nitrogens with one attached hydrogen (secondary N) is 1. The van der Waals surface area contributed by atoms with E-state index in [1.165, 1.54) is 180 Å². The third kappa shape index (κ3) is 59.4. The van der Waals surface area contributed by atoms with Crippen LogP contribution in [0.3, 0.4) is 0 Å². The molecule has 0 bridgehead atoms. The van der Waals surface area contributed by atoms with Crippen LogP contribution in [0.15, 0.2) is 72.9 Å². The highest BCUT2D eigenvalue weighted by Crippen LogP contribution is 2.38. The van der Waals surface area contributed by atoms with Gasteiger partial charge in [-0.2, -0.15) is 0 Å². The molecule has 0 rings (SSSR count). The Hall–Kier alpha value is -2.06. The van der Waals surface area contributed by atoms with Crippen molar-refractivity contribution in [1.82, 2.24) is 5.32 Å². The van der Waals surface area contributed by atoms with E-state index in [9.17, 15) is 19.4 Å². The summed E-state index contributed by atoms with van der Waals surface area (Å²) in [6.07, 6.45) is 78.0. The molecule has 9 heteroatoms. The van der Waals surface area contributed by atoms with E-state index in [-0.39, 0.29) is 19.1 Å². The second kappa shape index (κ2) is 56.7. The summed E-state index contributed by atoms with van der Waals surface area (Å²) in [5.74, 6) is -0.169. The number of carbonyl (C=O) groups is 1. The Balaban J connectivity index is 4.13. The molecular formula is C66H123N2O6P. The molecule has 0 fully saturated rings. The Kier molecular flexibility index (Phi) is 55.1. The molecule has 3 unspecified atom stereocenters. The van der Waals surface area contributed by atoms with Crippen LogP contribution in [0, 0.1) is 0 Å². The van der Waals surface area contributed by atoms with E-state index >= 15 is 0 Å². The van der Waals surface area contributed by atoms with Crippen LogP contribution < -0.4 is 10.2 Å². The summed E-state index contributed by atoms with van der Waals surface area (Å²) < 4.78 is 23.5. The molecule has 0 radical (unpaired) electrons. The van der Waals surface area contributed by atoms with Gasteiger partial charge in [-0.15, -0.1) is 0 Å². The second-order valence-electron chi connectivity index (χ2n) is 22.7. The lowest BCUT2D eigenvalue weighted by Crippen LogP contribution is -2.46. The van der Waals surface area contributed by atoms with Crippen LogP contribution in [0.25, 0.3) is 0 Å². The number of unbranched alkanes of at least 4 members (excludes halogenated alkanes) is 33. The predicted molar refractivity (Wildman–Crippen MR) is 325 cm³/mol. The van der Waals surface area contributed by atoms with Crippen LogP contribution >= 0.6 is 7.82 Å². The number of allylic oxidation sites excluding steroid dienone is 12. The van der Waals surface area contributed by atoms with Crippen molar-refractivity contribution in [3.63, 3.8) is 0 Å². The third-order valence-corrected chi connectivity index (χ3v) is 15.2. The number of amides is 1. The van der Waals surface area contributed by atoms with E-state index in [1.807, 2.05) is 21.1 Å². The molecule has 2 N–H and O–H groups in total. The van der Waals surface area contributed by atoms with Crippen molar-refractivity contribution in [3.8, 4) is 0 Å². The first-order chi connectivity index (χ1) is 36.5. The molecule has 0 aromatic heterocycles. The van der Waals surface area contributed by atoms with E-state index in [1.54, 1.807) is 0 Å². The van der Waals surface area contributed by atoms with Crippen molar-refractivity contribution >= 4 is 13.7 Å². The van der Waals surface area contributed by atoms with Gasteiger partial charge in [0.15, 0.2) is 0 Å².